The number of Topliss-reactive ketones (excluding diaryl/α,β-unsaturated/α-hetero) is 2. The summed E-state index contributed by atoms with van der Waals surface area (Å²) in [6, 6.07) is 27.8. The zero-order valence-corrected chi connectivity index (χ0v) is 15.5. The highest BCUT2D eigenvalue weighted by atomic mass is 16.1. The first-order valence-electron chi connectivity index (χ1n) is 9.74. The lowest BCUT2D eigenvalue weighted by molar-refractivity contribution is 0.0735. The molecule has 3 aromatic rings. The van der Waals surface area contributed by atoms with Gasteiger partial charge in [-0.05, 0) is 35.1 Å². The van der Waals surface area contributed by atoms with Crippen LogP contribution in [0.5, 0.6) is 0 Å². The Morgan fingerprint density at radius 1 is 0.500 bits per heavy atom. The van der Waals surface area contributed by atoms with E-state index in [2.05, 4.69) is 24.3 Å². The summed E-state index contributed by atoms with van der Waals surface area (Å²) in [5.74, 6) is -0.323. The number of carbonyl (C=O) groups excluding carboxylic acids is 2. The third kappa shape index (κ3) is 2.65. The molecule has 0 amide bonds. The molecule has 3 aromatic carbocycles. The summed E-state index contributed by atoms with van der Waals surface area (Å²) in [4.78, 5) is 26.5. The number of ketones is 2. The van der Waals surface area contributed by atoms with E-state index >= 15 is 0 Å². The molecular formula is C26H20O2. The van der Waals surface area contributed by atoms with Crippen LogP contribution in [0.4, 0.5) is 0 Å². The number of fused-ring (bicyclic) bond motifs is 2. The fraction of sp³-hybridized carbons (Fsp3) is 0.154. The molecule has 28 heavy (non-hydrogen) atoms. The van der Waals surface area contributed by atoms with Crippen LogP contribution in [0.25, 0.3) is 11.1 Å². The van der Waals surface area contributed by atoms with Crippen molar-refractivity contribution in [2.45, 2.75) is 12.8 Å². The summed E-state index contributed by atoms with van der Waals surface area (Å²) in [5.41, 5.74) is 5.83. The van der Waals surface area contributed by atoms with Crippen LogP contribution in [0.1, 0.15) is 44.7 Å². The van der Waals surface area contributed by atoms with Gasteiger partial charge in [-0.2, -0.15) is 0 Å². The molecule has 0 aromatic heterocycles. The van der Waals surface area contributed by atoms with Crippen LogP contribution in [-0.4, -0.2) is 11.6 Å². The molecule has 0 bridgehead atoms. The largest absolute Gasteiger partial charge is 0.294 e. The van der Waals surface area contributed by atoms with E-state index in [4.69, 9.17) is 0 Å². The van der Waals surface area contributed by atoms with Crippen LogP contribution in [0, 0.1) is 11.8 Å². The number of hydrogen-bond donors (Lipinski definition) is 0. The predicted molar refractivity (Wildman–Crippen MR) is 111 cm³/mol. The molecule has 0 radical (unpaired) electrons. The molecule has 0 saturated heterocycles. The minimum Gasteiger partial charge on any atom is -0.294 e. The molecule has 2 aliphatic rings. The van der Waals surface area contributed by atoms with E-state index < -0.39 is 0 Å². The summed E-state index contributed by atoms with van der Waals surface area (Å²) in [7, 11) is 0. The highest BCUT2D eigenvalue weighted by Crippen LogP contribution is 2.47. The predicted octanol–water partition coefficient (Wildman–Crippen LogP) is 5.70. The first-order chi connectivity index (χ1) is 13.7. The standard InChI is InChI=1S/C26H20O2/c27-25-19-13-7-8-14-20(19)26(28)24-16-22(18-11-5-2-6-12-18)21(15-23(24)25)17-9-3-1-4-10-17/h1-14,23-24H,15-16H2/t23-,24-/m1/s1. The van der Waals surface area contributed by atoms with Gasteiger partial charge >= 0.3 is 0 Å². The highest BCUT2D eigenvalue weighted by Gasteiger charge is 2.44. The Morgan fingerprint density at radius 2 is 0.857 bits per heavy atom. The normalized spacial score (nSPS) is 21.3. The fourth-order valence-corrected chi connectivity index (χ4v) is 4.70. The van der Waals surface area contributed by atoms with Crippen molar-refractivity contribution in [3.05, 3.63) is 107 Å². The van der Waals surface area contributed by atoms with Gasteiger partial charge in [-0.1, -0.05) is 84.9 Å². The van der Waals surface area contributed by atoms with Crippen molar-refractivity contribution in [3.63, 3.8) is 0 Å². The van der Waals surface area contributed by atoms with Crippen LogP contribution >= 0.6 is 0 Å². The lowest BCUT2D eigenvalue weighted by atomic mass is 9.64. The number of benzene rings is 3. The second kappa shape index (κ2) is 6.72. The van der Waals surface area contributed by atoms with Crippen molar-refractivity contribution >= 4 is 22.7 Å². The molecule has 5 rings (SSSR count). The summed E-state index contributed by atoms with van der Waals surface area (Å²) in [5, 5.41) is 0. The van der Waals surface area contributed by atoms with E-state index in [1.165, 1.54) is 11.1 Å². The Bertz CT molecular complexity index is 1010. The third-order valence-electron chi connectivity index (χ3n) is 6.07. The average Bonchev–Trinajstić information content (AvgIpc) is 2.78. The number of allylic oxidation sites excluding steroid dienone is 2. The van der Waals surface area contributed by atoms with Crippen molar-refractivity contribution in [2.24, 2.45) is 11.8 Å². The van der Waals surface area contributed by atoms with E-state index in [9.17, 15) is 9.59 Å². The summed E-state index contributed by atoms with van der Waals surface area (Å²) >= 11 is 0. The Morgan fingerprint density at radius 3 is 1.25 bits per heavy atom. The second-order valence-corrected chi connectivity index (χ2v) is 7.58. The zero-order valence-electron chi connectivity index (χ0n) is 15.5. The average molecular weight is 364 g/mol. The molecular weight excluding hydrogens is 344 g/mol. The molecule has 2 nitrogen and oxygen atoms in total. The van der Waals surface area contributed by atoms with Gasteiger partial charge in [0.05, 0.1) is 0 Å². The molecule has 136 valence electrons. The second-order valence-electron chi connectivity index (χ2n) is 7.58. The van der Waals surface area contributed by atoms with Crippen LogP contribution in [0.3, 0.4) is 0 Å². The minimum atomic E-state index is -0.273. The Hall–Kier alpha value is -3.26. The summed E-state index contributed by atoms with van der Waals surface area (Å²) in [6.07, 6.45) is 1.22. The van der Waals surface area contributed by atoms with Crippen LogP contribution in [0.2, 0.25) is 0 Å². The minimum absolute atomic E-state index is 0.112. The Balaban J connectivity index is 1.67. The van der Waals surface area contributed by atoms with E-state index in [-0.39, 0.29) is 23.4 Å². The zero-order chi connectivity index (χ0) is 19.1. The fourth-order valence-electron chi connectivity index (χ4n) is 4.70. The quantitative estimate of drug-likeness (QED) is 0.584. The van der Waals surface area contributed by atoms with E-state index in [0.29, 0.717) is 24.0 Å². The monoisotopic (exact) mass is 364 g/mol. The van der Waals surface area contributed by atoms with Gasteiger partial charge < -0.3 is 0 Å². The smallest absolute Gasteiger partial charge is 0.167 e. The first kappa shape index (κ1) is 16.9. The third-order valence-corrected chi connectivity index (χ3v) is 6.07. The molecule has 0 heterocycles. The SMILES string of the molecule is O=C1c2ccccc2C(=O)[C@@H]2CC(c3ccccc3)=C(c3ccccc3)C[C@@H]12. The van der Waals surface area contributed by atoms with Gasteiger partial charge in [0.15, 0.2) is 11.6 Å². The van der Waals surface area contributed by atoms with Crippen molar-refractivity contribution in [3.8, 4) is 0 Å². The molecule has 2 heteroatoms. The Kier molecular flexibility index (Phi) is 4.05. The molecule has 0 N–H and O–H groups in total. The van der Waals surface area contributed by atoms with Crippen molar-refractivity contribution in [1.29, 1.82) is 0 Å². The summed E-state index contributed by atoms with van der Waals surface area (Å²) in [6.45, 7) is 0. The van der Waals surface area contributed by atoms with Crippen molar-refractivity contribution in [1.82, 2.24) is 0 Å². The number of carbonyl (C=O) groups is 2. The lowest BCUT2D eigenvalue weighted by Crippen LogP contribution is -2.38. The molecule has 2 atom stereocenters. The van der Waals surface area contributed by atoms with Gasteiger partial charge in [0, 0.05) is 23.0 Å². The van der Waals surface area contributed by atoms with Gasteiger partial charge in [-0.25, -0.2) is 0 Å². The number of rotatable bonds is 2. The maximum absolute atomic E-state index is 13.2. The van der Waals surface area contributed by atoms with E-state index in [1.54, 1.807) is 12.1 Å². The molecule has 0 fully saturated rings. The summed E-state index contributed by atoms with van der Waals surface area (Å²) < 4.78 is 0. The number of hydrogen-bond acceptors (Lipinski definition) is 2. The van der Waals surface area contributed by atoms with Gasteiger partial charge in [0.2, 0.25) is 0 Å². The molecule has 0 saturated carbocycles. The topological polar surface area (TPSA) is 34.1 Å². The van der Waals surface area contributed by atoms with Gasteiger partial charge in [-0.15, -0.1) is 0 Å². The van der Waals surface area contributed by atoms with Gasteiger partial charge in [0.25, 0.3) is 0 Å². The van der Waals surface area contributed by atoms with Crippen molar-refractivity contribution < 1.29 is 9.59 Å². The molecule has 0 unspecified atom stereocenters. The van der Waals surface area contributed by atoms with Crippen molar-refractivity contribution in [2.75, 3.05) is 0 Å². The maximum atomic E-state index is 13.2. The van der Waals surface area contributed by atoms with E-state index in [0.717, 1.165) is 11.1 Å². The molecule has 0 aliphatic heterocycles. The van der Waals surface area contributed by atoms with E-state index in [1.807, 2.05) is 48.5 Å². The van der Waals surface area contributed by atoms with Gasteiger partial charge in [-0.3, -0.25) is 9.59 Å². The van der Waals surface area contributed by atoms with Gasteiger partial charge in [0.1, 0.15) is 0 Å². The van der Waals surface area contributed by atoms with Crippen LogP contribution in [0.15, 0.2) is 84.9 Å². The van der Waals surface area contributed by atoms with Crippen LogP contribution in [-0.2, 0) is 0 Å². The highest BCUT2D eigenvalue weighted by molar-refractivity contribution is 6.17. The molecule has 0 spiro atoms. The maximum Gasteiger partial charge on any atom is 0.167 e. The lowest BCUT2D eigenvalue weighted by Gasteiger charge is -2.37. The molecule has 2 aliphatic carbocycles. The van der Waals surface area contributed by atoms with Crippen LogP contribution < -0.4 is 0 Å². The Labute approximate surface area is 164 Å². The first-order valence-corrected chi connectivity index (χ1v) is 9.74.